The highest BCUT2D eigenvalue weighted by atomic mass is 79.9. The fraction of sp³-hybridized carbons (Fsp3) is 0. The Bertz CT molecular complexity index is 591. The predicted molar refractivity (Wildman–Crippen MR) is 75.1 cm³/mol. The quantitative estimate of drug-likeness (QED) is 0.777. The Morgan fingerprint density at radius 3 is 2.50 bits per heavy atom. The molecule has 0 aliphatic rings. The zero-order valence-electron chi connectivity index (χ0n) is 8.80. The summed E-state index contributed by atoms with van der Waals surface area (Å²) in [7, 11) is 0. The van der Waals surface area contributed by atoms with Crippen molar-refractivity contribution in [2.45, 2.75) is 0 Å². The number of aromatic nitrogens is 2. The molecule has 0 radical (unpaired) electrons. The Morgan fingerprint density at radius 2 is 2.00 bits per heavy atom. The smallest absolute Gasteiger partial charge is 0.261 e. The van der Waals surface area contributed by atoms with Crippen LogP contribution in [0.1, 0.15) is 10.4 Å². The zero-order valence-corrected chi connectivity index (χ0v) is 11.9. The third-order valence-electron chi connectivity index (χ3n) is 2.16. The van der Waals surface area contributed by atoms with Gasteiger partial charge in [0.05, 0.1) is 21.9 Å². The lowest BCUT2D eigenvalue weighted by atomic mass is 10.2. The highest BCUT2D eigenvalue weighted by Crippen LogP contribution is 2.34. The van der Waals surface area contributed by atoms with E-state index in [1.54, 1.807) is 12.1 Å². The van der Waals surface area contributed by atoms with Crippen LogP contribution in [0.15, 0.2) is 22.8 Å². The number of nitrogens with zero attached hydrogens (tertiary/aromatic N) is 1. The van der Waals surface area contributed by atoms with Crippen molar-refractivity contribution in [3.63, 3.8) is 0 Å². The molecule has 0 aliphatic carbocycles. The van der Waals surface area contributed by atoms with Crippen LogP contribution in [0.2, 0.25) is 10.0 Å². The van der Waals surface area contributed by atoms with Gasteiger partial charge in [-0.2, -0.15) is 5.10 Å². The first kappa shape index (κ1) is 13.2. The molecule has 2 aromatic rings. The third-order valence-corrected chi connectivity index (χ3v) is 3.21. The number of H-pyrrole nitrogens is 1. The molecule has 0 unspecified atom stereocenters. The Labute approximate surface area is 121 Å². The second kappa shape index (κ2) is 5.17. The maximum atomic E-state index is 11.9. The highest BCUT2D eigenvalue weighted by Gasteiger charge is 2.15. The molecule has 0 bridgehead atoms. The van der Waals surface area contributed by atoms with Crippen molar-refractivity contribution in [2.75, 3.05) is 11.1 Å². The minimum atomic E-state index is -0.438. The predicted octanol–water partition coefficient (Wildman–Crippen LogP) is 3.31. The summed E-state index contributed by atoms with van der Waals surface area (Å²) in [4.78, 5) is 11.9. The number of amides is 1. The number of rotatable bonds is 2. The normalized spacial score (nSPS) is 10.4. The zero-order chi connectivity index (χ0) is 13.3. The van der Waals surface area contributed by atoms with E-state index < -0.39 is 5.91 Å². The van der Waals surface area contributed by atoms with Gasteiger partial charge in [-0.1, -0.05) is 39.1 Å². The minimum absolute atomic E-state index is 0.178. The first-order valence-corrected chi connectivity index (χ1v) is 6.28. The number of hydrogen-bond acceptors (Lipinski definition) is 3. The van der Waals surface area contributed by atoms with Crippen LogP contribution in [-0.2, 0) is 0 Å². The highest BCUT2D eigenvalue weighted by molar-refractivity contribution is 9.10. The number of carbonyl (C=O) groups excluding carboxylic acids is 1. The van der Waals surface area contributed by atoms with Gasteiger partial charge in [0, 0.05) is 4.47 Å². The van der Waals surface area contributed by atoms with Gasteiger partial charge < -0.3 is 11.1 Å². The van der Waals surface area contributed by atoms with Crippen molar-refractivity contribution in [3.8, 4) is 0 Å². The molecular formula is C10H7BrCl2N4O. The van der Waals surface area contributed by atoms with Crippen LogP contribution in [0, 0.1) is 0 Å². The molecule has 94 valence electrons. The van der Waals surface area contributed by atoms with Gasteiger partial charge in [0.2, 0.25) is 0 Å². The fourth-order valence-corrected chi connectivity index (χ4v) is 2.62. The largest absolute Gasteiger partial charge is 0.383 e. The molecule has 5 nitrogen and oxygen atoms in total. The molecule has 1 heterocycles. The fourth-order valence-electron chi connectivity index (χ4n) is 1.32. The lowest BCUT2D eigenvalue weighted by Gasteiger charge is -2.09. The molecule has 0 spiro atoms. The number of nitrogen functional groups attached to an aromatic ring is 1. The van der Waals surface area contributed by atoms with Crippen molar-refractivity contribution in [1.82, 2.24) is 10.2 Å². The number of carbonyl (C=O) groups is 1. The first-order chi connectivity index (χ1) is 8.49. The van der Waals surface area contributed by atoms with Crippen molar-refractivity contribution in [3.05, 3.63) is 38.4 Å². The van der Waals surface area contributed by atoms with E-state index >= 15 is 0 Å². The van der Waals surface area contributed by atoms with E-state index in [1.165, 1.54) is 6.20 Å². The lowest BCUT2D eigenvalue weighted by molar-refractivity contribution is 0.102. The second-order valence-corrected chi connectivity index (χ2v) is 5.13. The molecule has 1 aromatic carbocycles. The van der Waals surface area contributed by atoms with E-state index in [0.29, 0.717) is 15.7 Å². The number of nitrogens with two attached hydrogens (primary N) is 1. The number of halogens is 3. The third kappa shape index (κ3) is 2.60. The molecule has 8 heteroatoms. The summed E-state index contributed by atoms with van der Waals surface area (Å²) >= 11 is 15.2. The standard InChI is InChI=1S/C10H7BrCl2N4O/c11-4-1-6(12)8(7(13)2-4)16-10(18)5-3-15-17-9(5)14/h1-3H,(H,16,18)(H3,14,15,17). The molecule has 1 aromatic heterocycles. The summed E-state index contributed by atoms with van der Waals surface area (Å²) in [5.74, 6) is -0.260. The number of hydrogen-bond donors (Lipinski definition) is 3. The topological polar surface area (TPSA) is 83.8 Å². The van der Waals surface area contributed by atoms with Gasteiger partial charge in [-0.05, 0) is 12.1 Å². The van der Waals surface area contributed by atoms with Crippen LogP contribution in [0.25, 0.3) is 0 Å². The van der Waals surface area contributed by atoms with Gasteiger partial charge in [-0.25, -0.2) is 0 Å². The number of benzene rings is 1. The molecule has 4 N–H and O–H groups in total. The van der Waals surface area contributed by atoms with Crippen LogP contribution in [0.3, 0.4) is 0 Å². The SMILES string of the molecule is Nc1[nH]ncc1C(=O)Nc1c(Cl)cc(Br)cc1Cl. The van der Waals surface area contributed by atoms with Crippen LogP contribution in [-0.4, -0.2) is 16.1 Å². The van der Waals surface area contributed by atoms with Gasteiger partial charge in [0.15, 0.2) is 0 Å². The molecule has 1 amide bonds. The van der Waals surface area contributed by atoms with Crippen LogP contribution < -0.4 is 11.1 Å². The van der Waals surface area contributed by atoms with E-state index in [1.807, 2.05) is 0 Å². The minimum Gasteiger partial charge on any atom is -0.383 e. The Hall–Kier alpha value is -1.24. The summed E-state index contributed by atoms with van der Waals surface area (Å²) in [6.45, 7) is 0. The average molecular weight is 350 g/mol. The van der Waals surface area contributed by atoms with E-state index in [2.05, 4.69) is 31.4 Å². The molecule has 2 rings (SSSR count). The van der Waals surface area contributed by atoms with E-state index in [9.17, 15) is 4.79 Å². The van der Waals surface area contributed by atoms with Gasteiger partial charge in [-0.15, -0.1) is 0 Å². The first-order valence-electron chi connectivity index (χ1n) is 4.73. The molecule has 0 saturated carbocycles. The lowest BCUT2D eigenvalue weighted by Crippen LogP contribution is -2.13. The molecular weight excluding hydrogens is 343 g/mol. The van der Waals surface area contributed by atoms with E-state index in [0.717, 1.165) is 4.47 Å². The Morgan fingerprint density at radius 1 is 1.39 bits per heavy atom. The van der Waals surface area contributed by atoms with Crippen LogP contribution in [0.5, 0.6) is 0 Å². The average Bonchev–Trinajstić information content (AvgIpc) is 2.69. The van der Waals surface area contributed by atoms with E-state index in [-0.39, 0.29) is 11.4 Å². The van der Waals surface area contributed by atoms with Gasteiger partial charge in [0.25, 0.3) is 5.91 Å². The maximum absolute atomic E-state index is 11.9. The summed E-state index contributed by atoms with van der Waals surface area (Å²) in [6.07, 6.45) is 1.32. The Kier molecular flexibility index (Phi) is 3.79. The molecule has 0 saturated heterocycles. The summed E-state index contributed by atoms with van der Waals surface area (Å²) in [5, 5.41) is 9.36. The van der Waals surface area contributed by atoms with Gasteiger partial charge >= 0.3 is 0 Å². The Balaban J connectivity index is 2.31. The molecule has 0 atom stereocenters. The van der Waals surface area contributed by atoms with Gasteiger partial charge in [0.1, 0.15) is 11.4 Å². The van der Waals surface area contributed by atoms with E-state index in [4.69, 9.17) is 28.9 Å². The summed E-state index contributed by atoms with van der Waals surface area (Å²) in [5.41, 5.74) is 6.10. The molecule has 0 aliphatic heterocycles. The number of nitrogens with one attached hydrogen (secondary N) is 2. The second-order valence-electron chi connectivity index (χ2n) is 3.40. The summed E-state index contributed by atoms with van der Waals surface area (Å²) in [6, 6.07) is 3.25. The number of aromatic amines is 1. The molecule has 18 heavy (non-hydrogen) atoms. The van der Waals surface area contributed by atoms with Crippen molar-refractivity contribution in [1.29, 1.82) is 0 Å². The van der Waals surface area contributed by atoms with Crippen molar-refractivity contribution >= 4 is 56.5 Å². The van der Waals surface area contributed by atoms with Gasteiger partial charge in [-0.3, -0.25) is 9.89 Å². The number of anilines is 2. The van der Waals surface area contributed by atoms with Crippen LogP contribution in [0.4, 0.5) is 11.5 Å². The van der Waals surface area contributed by atoms with Crippen molar-refractivity contribution in [2.24, 2.45) is 0 Å². The monoisotopic (exact) mass is 348 g/mol. The van der Waals surface area contributed by atoms with Crippen LogP contribution >= 0.6 is 39.1 Å². The summed E-state index contributed by atoms with van der Waals surface area (Å²) < 4.78 is 0.721. The molecule has 0 fully saturated rings. The van der Waals surface area contributed by atoms with Crippen molar-refractivity contribution < 1.29 is 4.79 Å². The maximum Gasteiger partial charge on any atom is 0.261 e.